The van der Waals surface area contributed by atoms with Gasteiger partial charge in [0.05, 0.1) is 6.54 Å². The maximum absolute atomic E-state index is 12.0. The number of furan rings is 1. The highest BCUT2D eigenvalue weighted by atomic mass is 32.2. The number of rotatable bonds is 4. The molecule has 0 amide bonds. The standard InChI is InChI=1S/C8H10N4O3S2/c1-5-7(2-6(3-9)15-5)17(13,14)12-8-11-10-4-16-8/h2,4H,3,9H2,1H3,(H,11,12). The first-order valence-electron chi connectivity index (χ1n) is 4.61. The van der Waals surface area contributed by atoms with Crippen LogP contribution in [0.15, 0.2) is 20.9 Å². The molecule has 92 valence electrons. The number of aryl methyl sites for hydroxylation is 1. The van der Waals surface area contributed by atoms with Gasteiger partial charge in [-0.3, -0.25) is 4.72 Å². The summed E-state index contributed by atoms with van der Waals surface area (Å²) in [6, 6.07) is 1.40. The van der Waals surface area contributed by atoms with Crippen LogP contribution in [0.2, 0.25) is 0 Å². The summed E-state index contributed by atoms with van der Waals surface area (Å²) in [6.07, 6.45) is 0. The molecule has 0 radical (unpaired) electrons. The van der Waals surface area contributed by atoms with Gasteiger partial charge in [-0.2, -0.15) is 0 Å². The van der Waals surface area contributed by atoms with E-state index in [1.54, 1.807) is 6.92 Å². The smallest absolute Gasteiger partial charge is 0.267 e. The fraction of sp³-hybridized carbons (Fsp3) is 0.250. The van der Waals surface area contributed by atoms with E-state index in [4.69, 9.17) is 10.2 Å². The maximum Gasteiger partial charge on any atom is 0.267 e. The number of nitrogens with zero attached hydrogens (tertiary/aromatic N) is 2. The fourth-order valence-electron chi connectivity index (χ4n) is 1.28. The molecule has 2 aromatic rings. The van der Waals surface area contributed by atoms with E-state index in [-0.39, 0.29) is 16.6 Å². The van der Waals surface area contributed by atoms with Crippen LogP contribution in [0, 0.1) is 6.92 Å². The lowest BCUT2D eigenvalue weighted by molar-refractivity contribution is 0.479. The number of hydrogen-bond donors (Lipinski definition) is 2. The monoisotopic (exact) mass is 274 g/mol. The van der Waals surface area contributed by atoms with Crippen LogP contribution in [0.3, 0.4) is 0 Å². The largest absolute Gasteiger partial charge is 0.464 e. The minimum absolute atomic E-state index is 0.0631. The van der Waals surface area contributed by atoms with E-state index in [2.05, 4.69) is 14.9 Å². The molecule has 2 aromatic heterocycles. The van der Waals surface area contributed by atoms with Gasteiger partial charge in [-0.15, -0.1) is 10.2 Å². The molecule has 0 aromatic carbocycles. The number of nitrogens with one attached hydrogen (secondary N) is 1. The highest BCUT2D eigenvalue weighted by molar-refractivity contribution is 7.93. The molecule has 0 saturated heterocycles. The van der Waals surface area contributed by atoms with Crippen molar-refractivity contribution in [3.8, 4) is 0 Å². The van der Waals surface area contributed by atoms with E-state index in [1.165, 1.54) is 11.6 Å². The third kappa shape index (κ3) is 2.46. The Labute approximate surface area is 102 Å². The Kier molecular flexibility index (Phi) is 3.13. The minimum atomic E-state index is -3.69. The van der Waals surface area contributed by atoms with Crippen LogP contribution in [0.4, 0.5) is 5.13 Å². The van der Waals surface area contributed by atoms with Gasteiger partial charge in [-0.1, -0.05) is 11.3 Å². The van der Waals surface area contributed by atoms with Crippen molar-refractivity contribution in [2.75, 3.05) is 4.72 Å². The number of hydrogen-bond acceptors (Lipinski definition) is 7. The molecule has 2 heterocycles. The van der Waals surface area contributed by atoms with E-state index >= 15 is 0 Å². The van der Waals surface area contributed by atoms with Crippen LogP contribution >= 0.6 is 11.3 Å². The second kappa shape index (κ2) is 4.43. The van der Waals surface area contributed by atoms with E-state index in [0.717, 1.165) is 11.3 Å². The molecule has 0 saturated carbocycles. The van der Waals surface area contributed by atoms with Gasteiger partial charge >= 0.3 is 0 Å². The lowest BCUT2D eigenvalue weighted by atomic mass is 10.4. The van der Waals surface area contributed by atoms with Crippen LogP contribution in [0.5, 0.6) is 0 Å². The first kappa shape index (κ1) is 12.0. The molecule has 0 spiro atoms. The van der Waals surface area contributed by atoms with E-state index in [9.17, 15) is 8.42 Å². The Morgan fingerprint density at radius 3 is 2.88 bits per heavy atom. The van der Waals surface area contributed by atoms with Gasteiger partial charge in [-0.05, 0) is 6.92 Å². The molecule has 9 heteroatoms. The van der Waals surface area contributed by atoms with Gasteiger partial charge < -0.3 is 10.2 Å². The third-order valence-corrected chi connectivity index (χ3v) is 4.18. The molecule has 0 unspecified atom stereocenters. The average Bonchev–Trinajstić information content (AvgIpc) is 2.86. The molecule has 0 bridgehead atoms. The van der Waals surface area contributed by atoms with Crippen molar-refractivity contribution in [2.45, 2.75) is 18.4 Å². The first-order valence-corrected chi connectivity index (χ1v) is 6.97. The Morgan fingerprint density at radius 2 is 2.35 bits per heavy atom. The summed E-state index contributed by atoms with van der Waals surface area (Å²) in [4.78, 5) is 0.0631. The summed E-state index contributed by atoms with van der Waals surface area (Å²) in [6.45, 7) is 1.71. The SMILES string of the molecule is Cc1oc(CN)cc1S(=O)(=O)Nc1nncs1. The molecule has 2 rings (SSSR count). The molecule has 7 nitrogen and oxygen atoms in total. The van der Waals surface area contributed by atoms with Gasteiger partial charge in [0.15, 0.2) is 0 Å². The molecule has 0 aliphatic carbocycles. The van der Waals surface area contributed by atoms with Gasteiger partial charge in [0, 0.05) is 6.07 Å². The quantitative estimate of drug-likeness (QED) is 0.848. The molecule has 0 aliphatic rings. The topological polar surface area (TPSA) is 111 Å². The normalized spacial score (nSPS) is 11.6. The molecular formula is C8H10N4O3S2. The minimum Gasteiger partial charge on any atom is -0.464 e. The van der Waals surface area contributed by atoms with Crippen LogP contribution in [0.25, 0.3) is 0 Å². The second-order valence-corrected chi connectivity index (χ2v) is 5.67. The first-order chi connectivity index (χ1) is 8.03. The highest BCUT2D eigenvalue weighted by Crippen LogP contribution is 2.22. The van der Waals surface area contributed by atoms with Crippen molar-refractivity contribution >= 4 is 26.5 Å². The van der Waals surface area contributed by atoms with Crippen molar-refractivity contribution in [2.24, 2.45) is 5.73 Å². The lowest BCUT2D eigenvalue weighted by Gasteiger charge is -2.01. The van der Waals surface area contributed by atoms with Crippen LogP contribution < -0.4 is 10.5 Å². The maximum atomic E-state index is 12.0. The lowest BCUT2D eigenvalue weighted by Crippen LogP contribution is -2.13. The van der Waals surface area contributed by atoms with Crippen LogP contribution in [-0.4, -0.2) is 18.6 Å². The van der Waals surface area contributed by atoms with E-state index in [1.807, 2.05) is 0 Å². The Hall–Kier alpha value is -1.45. The predicted octanol–water partition coefficient (Wildman–Crippen LogP) is 0.699. The number of sulfonamides is 1. The van der Waals surface area contributed by atoms with Crippen molar-refractivity contribution in [3.05, 3.63) is 23.1 Å². The van der Waals surface area contributed by atoms with Crippen molar-refractivity contribution < 1.29 is 12.8 Å². The summed E-state index contributed by atoms with van der Waals surface area (Å²) < 4.78 is 31.5. The van der Waals surface area contributed by atoms with Crippen molar-refractivity contribution in [3.63, 3.8) is 0 Å². The number of aromatic nitrogens is 2. The molecule has 0 atom stereocenters. The summed E-state index contributed by atoms with van der Waals surface area (Å²) in [5.41, 5.74) is 6.82. The fourth-order valence-corrected chi connectivity index (χ4v) is 3.18. The van der Waals surface area contributed by atoms with Crippen molar-refractivity contribution in [1.82, 2.24) is 10.2 Å². The summed E-state index contributed by atoms with van der Waals surface area (Å²) in [5, 5.41) is 7.36. The van der Waals surface area contributed by atoms with Crippen molar-refractivity contribution in [1.29, 1.82) is 0 Å². The van der Waals surface area contributed by atoms with Gasteiger partial charge in [0.2, 0.25) is 5.13 Å². The summed E-state index contributed by atoms with van der Waals surface area (Å²) in [5.74, 6) is 0.711. The molecule has 3 N–H and O–H groups in total. The zero-order valence-corrected chi connectivity index (χ0v) is 10.5. The molecule has 0 aliphatic heterocycles. The zero-order valence-electron chi connectivity index (χ0n) is 8.87. The van der Waals surface area contributed by atoms with Crippen LogP contribution in [-0.2, 0) is 16.6 Å². The average molecular weight is 274 g/mol. The molecular weight excluding hydrogens is 264 g/mol. The van der Waals surface area contributed by atoms with Gasteiger partial charge in [0.25, 0.3) is 10.0 Å². The second-order valence-electron chi connectivity index (χ2n) is 3.19. The Bertz CT molecular complexity index is 603. The Balaban J connectivity index is 2.34. The third-order valence-electron chi connectivity index (χ3n) is 2.00. The summed E-state index contributed by atoms with van der Waals surface area (Å²) >= 11 is 1.10. The number of nitrogens with two attached hydrogens (primary N) is 1. The van der Waals surface area contributed by atoms with E-state index < -0.39 is 10.0 Å². The highest BCUT2D eigenvalue weighted by Gasteiger charge is 2.22. The van der Waals surface area contributed by atoms with Gasteiger partial charge in [0.1, 0.15) is 21.9 Å². The number of anilines is 1. The zero-order chi connectivity index (χ0) is 12.5. The van der Waals surface area contributed by atoms with Gasteiger partial charge in [-0.25, -0.2) is 8.42 Å². The molecule has 0 fully saturated rings. The van der Waals surface area contributed by atoms with E-state index in [0.29, 0.717) is 11.5 Å². The summed E-state index contributed by atoms with van der Waals surface area (Å²) in [7, 11) is -3.69. The molecule has 17 heavy (non-hydrogen) atoms. The predicted molar refractivity (Wildman–Crippen MR) is 62.1 cm³/mol. The Morgan fingerprint density at radius 1 is 1.59 bits per heavy atom. The van der Waals surface area contributed by atoms with Crippen LogP contribution in [0.1, 0.15) is 11.5 Å².